The first-order valence-corrected chi connectivity index (χ1v) is 14.5. The number of ether oxygens (including phenoxy) is 1. The molecule has 0 radical (unpaired) electrons. The minimum Gasteiger partial charge on any atom is -0.381 e. The minimum atomic E-state index is -1.04. The lowest BCUT2D eigenvalue weighted by Gasteiger charge is -2.37. The molecule has 2 N–H and O–H groups in total. The third-order valence-electron chi connectivity index (χ3n) is 9.03. The largest absolute Gasteiger partial charge is 0.381 e. The lowest BCUT2D eigenvalue weighted by atomic mass is 9.80. The molecule has 4 heterocycles. The summed E-state index contributed by atoms with van der Waals surface area (Å²) in [7, 11) is 0. The topological polar surface area (TPSA) is 108 Å². The number of anilines is 1. The molecule has 0 aromatic heterocycles. The van der Waals surface area contributed by atoms with Crippen LogP contribution in [0.25, 0.3) is 0 Å². The molecule has 0 saturated carbocycles. The van der Waals surface area contributed by atoms with E-state index in [1.54, 1.807) is 24.3 Å². The number of hydrogen-bond donors (Lipinski definition) is 2. The number of hydrogen-bond acceptors (Lipinski definition) is 7. The molecule has 4 amide bonds. The summed E-state index contributed by atoms with van der Waals surface area (Å²) >= 11 is 0. The van der Waals surface area contributed by atoms with Crippen molar-refractivity contribution in [2.75, 3.05) is 31.6 Å². The van der Waals surface area contributed by atoms with Gasteiger partial charge >= 0.3 is 0 Å². The Kier molecular flexibility index (Phi) is 7.86. The molecule has 0 bridgehead atoms. The van der Waals surface area contributed by atoms with Crippen molar-refractivity contribution in [1.82, 2.24) is 15.1 Å². The fraction of sp³-hybridized carbons (Fsp3) is 0.484. The highest BCUT2D eigenvalue weighted by Crippen LogP contribution is 2.34. The average Bonchev–Trinajstić information content (AvgIpc) is 3.23. The monoisotopic (exact) mass is 562 g/mol. The molecule has 4 aliphatic heterocycles. The molecular formula is C31H35FN4O5. The van der Waals surface area contributed by atoms with Gasteiger partial charge in [0, 0.05) is 44.0 Å². The predicted molar refractivity (Wildman–Crippen MR) is 148 cm³/mol. The minimum absolute atomic E-state index is 0.0543. The lowest BCUT2D eigenvalue weighted by molar-refractivity contribution is -0.136. The maximum Gasteiger partial charge on any atom is 0.264 e. The number of benzene rings is 2. The Labute approximate surface area is 238 Å². The summed E-state index contributed by atoms with van der Waals surface area (Å²) in [6.45, 7) is 4.65. The number of amides is 4. The van der Waals surface area contributed by atoms with Gasteiger partial charge in [-0.3, -0.25) is 34.3 Å². The molecule has 216 valence electrons. The van der Waals surface area contributed by atoms with E-state index in [2.05, 4.69) is 15.5 Å². The predicted octanol–water partition coefficient (Wildman–Crippen LogP) is 3.48. The fourth-order valence-electron chi connectivity index (χ4n) is 6.71. The molecule has 1 atom stereocenters. The van der Waals surface area contributed by atoms with Crippen molar-refractivity contribution in [2.45, 2.75) is 57.7 Å². The smallest absolute Gasteiger partial charge is 0.264 e. The van der Waals surface area contributed by atoms with Crippen molar-refractivity contribution in [3.63, 3.8) is 0 Å². The maximum absolute atomic E-state index is 15.1. The number of nitrogens with zero attached hydrogens (tertiary/aromatic N) is 2. The Hall–Kier alpha value is -3.63. The van der Waals surface area contributed by atoms with Gasteiger partial charge in [0.05, 0.1) is 11.1 Å². The van der Waals surface area contributed by atoms with Crippen molar-refractivity contribution in [3.05, 3.63) is 64.5 Å². The molecule has 0 spiro atoms. The summed E-state index contributed by atoms with van der Waals surface area (Å²) in [5, 5.41) is 5.32. The van der Waals surface area contributed by atoms with Crippen LogP contribution in [-0.4, -0.2) is 65.8 Å². The number of carbonyl (C=O) groups excluding carboxylic acids is 4. The highest BCUT2D eigenvalue weighted by atomic mass is 19.1. The second-order valence-electron chi connectivity index (χ2n) is 11.5. The van der Waals surface area contributed by atoms with Gasteiger partial charge in [-0.25, -0.2) is 4.39 Å². The molecule has 6 rings (SSSR count). The van der Waals surface area contributed by atoms with Crippen LogP contribution in [0.1, 0.15) is 70.4 Å². The number of piperidine rings is 2. The maximum atomic E-state index is 15.1. The number of fused-ring (bicyclic) bond motifs is 1. The zero-order valence-electron chi connectivity index (χ0n) is 23.0. The molecule has 10 heteroatoms. The van der Waals surface area contributed by atoms with Gasteiger partial charge < -0.3 is 10.1 Å². The van der Waals surface area contributed by atoms with Gasteiger partial charge in [-0.1, -0.05) is 18.2 Å². The quantitative estimate of drug-likeness (QED) is 0.498. The van der Waals surface area contributed by atoms with Gasteiger partial charge in [-0.2, -0.15) is 0 Å². The molecule has 3 fully saturated rings. The van der Waals surface area contributed by atoms with Crippen LogP contribution in [0.4, 0.5) is 10.1 Å². The number of imide groups is 2. The van der Waals surface area contributed by atoms with Gasteiger partial charge in [0.25, 0.3) is 11.8 Å². The van der Waals surface area contributed by atoms with Gasteiger partial charge in [0.2, 0.25) is 11.8 Å². The van der Waals surface area contributed by atoms with E-state index >= 15 is 4.39 Å². The molecule has 41 heavy (non-hydrogen) atoms. The first kappa shape index (κ1) is 27.5. The van der Waals surface area contributed by atoms with Crippen molar-refractivity contribution in [2.24, 2.45) is 11.8 Å². The summed E-state index contributed by atoms with van der Waals surface area (Å²) in [6.07, 6.45) is 4.83. The summed E-state index contributed by atoms with van der Waals surface area (Å²) in [4.78, 5) is 53.6. The standard InChI is InChI=1S/C31H35FN4O5/c32-24-16-19(18-35-12-8-20(9-13-35)21-10-14-41-15-11-21)4-5-22(24)17-33-25-3-1-2-23-28(25)31(40)36(30(23)39)26-6-7-27(37)34-29(26)38/h1-5,16,20-21,26,33H,6-15,17-18H2,(H,34,37,38). The lowest BCUT2D eigenvalue weighted by Crippen LogP contribution is -2.54. The third-order valence-corrected chi connectivity index (χ3v) is 9.03. The summed E-state index contributed by atoms with van der Waals surface area (Å²) < 4.78 is 20.6. The molecule has 2 aromatic rings. The number of carbonyl (C=O) groups is 4. The average molecular weight is 563 g/mol. The molecule has 4 aliphatic rings. The third kappa shape index (κ3) is 5.63. The number of halogens is 1. The van der Waals surface area contributed by atoms with E-state index < -0.39 is 29.7 Å². The Balaban J connectivity index is 1.07. The van der Waals surface area contributed by atoms with Gasteiger partial charge in [0.15, 0.2) is 0 Å². The Morgan fingerprint density at radius 1 is 0.927 bits per heavy atom. The molecule has 0 aliphatic carbocycles. The van der Waals surface area contributed by atoms with Crippen molar-refractivity contribution >= 4 is 29.3 Å². The van der Waals surface area contributed by atoms with Crippen LogP contribution in [0.3, 0.4) is 0 Å². The Morgan fingerprint density at radius 3 is 2.41 bits per heavy atom. The molecular weight excluding hydrogens is 527 g/mol. The summed E-state index contributed by atoms with van der Waals surface area (Å²) in [5.41, 5.74) is 2.11. The van der Waals surface area contributed by atoms with Crippen molar-refractivity contribution < 1.29 is 28.3 Å². The van der Waals surface area contributed by atoms with E-state index in [-0.39, 0.29) is 36.3 Å². The fourth-order valence-corrected chi connectivity index (χ4v) is 6.71. The van der Waals surface area contributed by atoms with Crippen LogP contribution in [0.5, 0.6) is 0 Å². The Bertz CT molecular complexity index is 1370. The molecule has 3 saturated heterocycles. The number of nitrogens with one attached hydrogen (secondary N) is 2. The van der Waals surface area contributed by atoms with Crippen molar-refractivity contribution in [3.8, 4) is 0 Å². The van der Waals surface area contributed by atoms with Crippen LogP contribution in [0.15, 0.2) is 36.4 Å². The van der Waals surface area contributed by atoms with E-state index in [4.69, 9.17) is 4.74 Å². The van der Waals surface area contributed by atoms with Crippen LogP contribution in [0.2, 0.25) is 0 Å². The van der Waals surface area contributed by atoms with Crippen LogP contribution >= 0.6 is 0 Å². The first-order chi connectivity index (χ1) is 19.9. The zero-order chi connectivity index (χ0) is 28.5. The highest BCUT2D eigenvalue weighted by Gasteiger charge is 2.45. The van der Waals surface area contributed by atoms with E-state index in [0.29, 0.717) is 17.8 Å². The molecule has 1 unspecified atom stereocenters. The van der Waals surface area contributed by atoms with Gasteiger partial charge in [0.1, 0.15) is 11.9 Å². The summed E-state index contributed by atoms with van der Waals surface area (Å²) in [5.74, 6) is -1.04. The van der Waals surface area contributed by atoms with E-state index in [0.717, 1.165) is 48.6 Å². The normalized spacial score (nSPS) is 22.7. The van der Waals surface area contributed by atoms with E-state index in [1.807, 2.05) is 6.07 Å². The van der Waals surface area contributed by atoms with Crippen LogP contribution < -0.4 is 10.6 Å². The number of rotatable bonds is 7. The zero-order valence-corrected chi connectivity index (χ0v) is 23.0. The molecule has 9 nitrogen and oxygen atoms in total. The highest BCUT2D eigenvalue weighted by molar-refractivity contribution is 6.25. The second-order valence-corrected chi connectivity index (χ2v) is 11.5. The number of likely N-dealkylation sites (tertiary alicyclic amines) is 1. The summed E-state index contributed by atoms with van der Waals surface area (Å²) in [6, 6.07) is 9.09. The van der Waals surface area contributed by atoms with Crippen LogP contribution in [-0.2, 0) is 27.4 Å². The Morgan fingerprint density at radius 2 is 1.68 bits per heavy atom. The SMILES string of the molecule is O=C1CCC(N2C(=O)c3cccc(NCc4ccc(CN5CCC(C6CCOCC6)CC5)cc4F)c3C2=O)C(=O)N1. The first-order valence-electron chi connectivity index (χ1n) is 14.5. The van der Waals surface area contributed by atoms with Gasteiger partial charge in [-0.05, 0) is 80.8 Å². The van der Waals surface area contributed by atoms with Gasteiger partial charge in [-0.15, -0.1) is 0 Å². The molecule has 2 aromatic carbocycles. The van der Waals surface area contributed by atoms with E-state index in [1.165, 1.54) is 31.7 Å². The second kappa shape index (κ2) is 11.7. The van der Waals surface area contributed by atoms with Crippen molar-refractivity contribution in [1.29, 1.82) is 0 Å². The van der Waals surface area contributed by atoms with E-state index in [9.17, 15) is 19.2 Å². The van der Waals surface area contributed by atoms with Crippen LogP contribution in [0, 0.1) is 17.7 Å².